The minimum atomic E-state index is 0. The standard InChI is InChI=1S/C18H19ClN2O2.2ClH/c19-15-6-7-18(17(20)10-15)23-13-16-12-21(8-9-22-16)11-14-4-2-1-3-5-14;;/h1-7,10,13H,8-9,11-12,20H2;2*1H. The summed E-state index contributed by atoms with van der Waals surface area (Å²) in [5.41, 5.74) is 7.67. The molecule has 2 aromatic carbocycles. The van der Waals surface area contributed by atoms with Gasteiger partial charge in [-0.15, -0.1) is 24.8 Å². The molecule has 0 amide bonds. The number of nitrogen functional groups attached to an aromatic ring is 1. The number of benzene rings is 2. The van der Waals surface area contributed by atoms with E-state index in [1.54, 1.807) is 24.5 Å². The molecule has 0 saturated carbocycles. The number of halogens is 3. The lowest BCUT2D eigenvalue weighted by Crippen LogP contribution is -2.34. The predicted molar refractivity (Wildman–Crippen MR) is 107 cm³/mol. The van der Waals surface area contributed by atoms with E-state index in [4.69, 9.17) is 26.8 Å². The highest BCUT2D eigenvalue weighted by Gasteiger charge is 2.16. The van der Waals surface area contributed by atoms with E-state index >= 15 is 0 Å². The maximum absolute atomic E-state index is 5.88. The van der Waals surface area contributed by atoms with Gasteiger partial charge in [-0.1, -0.05) is 41.9 Å². The number of ether oxygens (including phenoxy) is 2. The normalized spacial score (nSPS) is 15.6. The van der Waals surface area contributed by atoms with Gasteiger partial charge in [0.15, 0.2) is 0 Å². The van der Waals surface area contributed by atoms with Crippen LogP contribution in [-0.2, 0) is 11.3 Å². The van der Waals surface area contributed by atoms with Crippen molar-refractivity contribution < 1.29 is 9.47 Å². The van der Waals surface area contributed by atoms with Gasteiger partial charge >= 0.3 is 0 Å². The fraction of sp³-hybridized carbons (Fsp3) is 0.222. The van der Waals surface area contributed by atoms with Gasteiger partial charge < -0.3 is 15.2 Å². The second kappa shape index (κ2) is 10.4. The first-order valence-corrected chi connectivity index (χ1v) is 7.88. The van der Waals surface area contributed by atoms with E-state index in [9.17, 15) is 0 Å². The van der Waals surface area contributed by atoms with Crippen LogP contribution >= 0.6 is 36.4 Å². The summed E-state index contributed by atoms with van der Waals surface area (Å²) >= 11 is 5.88. The molecule has 1 fully saturated rings. The van der Waals surface area contributed by atoms with Gasteiger partial charge in [-0.25, -0.2) is 0 Å². The summed E-state index contributed by atoms with van der Waals surface area (Å²) in [5.74, 6) is 1.37. The third kappa shape index (κ3) is 6.33. The zero-order chi connectivity index (χ0) is 16.1. The van der Waals surface area contributed by atoms with Crippen molar-refractivity contribution in [2.24, 2.45) is 0 Å². The van der Waals surface area contributed by atoms with Crippen molar-refractivity contribution in [2.75, 3.05) is 25.4 Å². The van der Waals surface area contributed by atoms with E-state index in [-0.39, 0.29) is 24.8 Å². The van der Waals surface area contributed by atoms with Gasteiger partial charge in [0.1, 0.15) is 24.4 Å². The summed E-state index contributed by atoms with van der Waals surface area (Å²) in [6.45, 7) is 3.15. The Morgan fingerprint density at radius 3 is 2.64 bits per heavy atom. The Bertz CT molecular complexity index is 696. The van der Waals surface area contributed by atoms with Crippen LogP contribution in [0.5, 0.6) is 5.75 Å². The van der Waals surface area contributed by atoms with E-state index < -0.39 is 0 Å². The average molecular weight is 404 g/mol. The Balaban J connectivity index is 0.00000156. The molecule has 0 aliphatic carbocycles. The SMILES string of the molecule is Cl.Cl.Nc1cc(Cl)ccc1OC=C1CN(Cc2ccccc2)CCO1. The van der Waals surface area contributed by atoms with Crippen LogP contribution in [0.1, 0.15) is 5.56 Å². The molecule has 1 saturated heterocycles. The Hall–Kier alpha value is -1.59. The van der Waals surface area contributed by atoms with Crippen LogP contribution in [0.3, 0.4) is 0 Å². The van der Waals surface area contributed by atoms with Crippen LogP contribution in [0, 0.1) is 0 Å². The number of rotatable bonds is 4. The van der Waals surface area contributed by atoms with E-state index in [0.717, 1.165) is 18.8 Å². The molecule has 0 bridgehead atoms. The molecular weight excluding hydrogens is 383 g/mol. The van der Waals surface area contributed by atoms with Crippen molar-refractivity contribution in [3.05, 3.63) is 71.1 Å². The lowest BCUT2D eigenvalue weighted by atomic mass is 10.2. The number of nitrogens with zero attached hydrogens (tertiary/aromatic N) is 1. The molecule has 0 unspecified atom stereocenters. The molecule has 0 spiro atoms. The van der Waals surface area contributed by atoms with Crippen LogP contribution in [-0.4, -0.2) is 24.6 Å². The Morgan fingerprint density at radius 1 is 1.16 bits per heavy atom. The number of nitrogens with two attached hydrogens (primary N) is 1. The molecule has 2 aromatic rings. The zero-order valence-electron chi connectivity index (χ0n) is 13.6. The van der Waals surface area contributed by atoms with E-state index in [1.165, 1.54) is 5.56 Å². The number of anilines is 1. The monoisotopic (exact) mass is 402 g/mol. The largest absolute Gasteiger partial charge is 0.492 e. The maximum atomic E-state index is 5.88. The summed E-state index contributed by atoms with van der Waals surface area (Å²) < 4.78 is 11.3. The van der Waals surface area contributed by atoms with Crippen molar-refractivity contribution in [3.8, 4) is 5.75 Å². The molecule has 1 aliphatic heterocycles. The van der Waals surface area contributed by atoms with Gasteiger partial charge in [0.2, 0.25) is 0 Å². The highest BCUT2D eigenvalue weighted by molar-refractivity contribution is 6.30. The first-order valence-electron chi connectivity index (χ1n) is 7.50. The van der Waals surface area contributed by atoms with Crippen molar-refractivity contribution in [2.45, 2.75) is 6.54 Å². The van der Waals surface area contributed by atoms with Crippen molar-refractivity contribution in [1.29, 1.82) is 0 Å². The van der Waals surface area contributed by atoms with E-state index in [0.29, 0.717) is 29.6 Å². The van der Waals surface area contributed by atoms with Crippen LogP contribution < -0.4 is 10.5 Å². The predicted octanol–water partition coefficient (Wildman–Crippen LogP) is 4.52. The van der Waals surface area contributed by atoms with Crippen molar-refractivity contribution in [1.82, 2.24) is 4.90 Å². The topological polar surface area (TPSA) is 47.7 Å². The van der Waals surface area contributed by atoms with Gasteiger partial charge in [0.05, 0.1) is 12.2 Å². The molecule has 25 heavy (non-hydrogen) atoms. The summed E-state index contributed by atoms with van der Waals surface area (Å²) in [5, 5.41) is 0.588. The summed E-state index contributed by atoms with van der Waals surface area (Å²) in [7, 11) is 0. The molecule has 7 heteroatoms. The van der Waals surface area contributed by atoms with Crippen molar-refractivity contribution >= 4 is 42.1 Å². The molecule has 3 rings (SSSR count). The fourth-order valence-electron chi connectivity index (χ4n) is 2.45. The molecule has 4 nitrogen and oxygen atoms in total. The van der Waals surface area contributed by atoms with Crippen molar-refractivity contribution in [3.63, 3.8) is 0 Å². The third-order valence-electron chi connectivity index (χ3n) is 3.61. The van der Waals surface area contributed by atoms with Crippen LogP contribution in [0.25, 0.3) is 0 Å². The van der Waals surface area contributed by atoms with Crippen LogP contribution in [0.2, 0.25) is 5.02 Å². The molecule has 0 aromatic heterocycles. The summed E-state index contributed by atoms with van der Waals surface area (Å²) in [4.78, 5) is 2.32. The summed E-state index contributed by atoms with van der Waals surface area (Å²) in [6.07, 6.45) is 1.62. The molecule has 136 valence electrons. The highest BCUT2D eigenvalue weighted by atomic mass is 35.5. The molecule has 2 N–H and O–H groups in total. The third-order valence-corrected chi connectivity index (χ3v) is 3.85. The second-order valence-electron chi connectivity index (χ2n) is 5.43. The van der Waals surface area contributed by atoms with Gasteiger partial charge in [0, 0.05) is 18.1 Å². The smallest absolute Gasteiger partial charge is 0.149 e. The first-order chi connectivity index (χ1) is 11.2. The molecule has 0 radical (unpaired) electrons. The first kappa shape index (κ1) is 21.5. The Kier molecular flexibility index (Phi) is 8.93. The number of hydrogen-bond donors (Lipinski definition) is 1. The molecule has 0 atom stereocenters. The van der Waals surface area contributed by atoms with Gasteiger partial charge in [-0.2, -0.15) is 0 Å². The number of morpholine rings is 1. The number of hydrogen-bond acceptors (Lipinski definition) is 4. The van der Waals surface area contributed by atoms with E-state index in [1.807, 2.05) is 6.07 Å². The van der Waals surface area contributed by atoms with Gasteiger partial charge in [-0.3, -0.25) is 4.90 Å². The molecule has 1 aliphatic rings. The van der Waals surface area contributed by atoms with Crippen LogP contribution in [0.4, 0.5) is 5.69 Å². The Labute approximate surface area is 165 Å². The van der Waals surface area contributed by atoms with Gasteiger partial charge in [-0.05, 0) is 23.8 Å². The average Bonchev–Trinajstić information content (AvgIpc) is 2.55. The highest BCUT2D eigenvalue weighted by Crippen LogP contribution is 2.25. The molecule has 1 heterocycles. The van der Waals surface area contributed by atoms with Crippen LogP contribution in [0.15, 0.2) is 60.6 Å². The maximum Gasteiger partial charge on any atom is 0.149 e. The minimum absolute atomic E-state index is 0. The fourth-order valence-corrected chi connectivity index (χ4v) is 2.64. The van der Waals surface area contributed by atoms with Gasteiger partial charge in [0.25, 0.3) is 0 Å². The lowest BCUT2D eigenvalue weighted by Gasteiger charge is -2.28. The lowest BCUT2D eigenvalue weighted by molar-refractivity contribution is 0.0843. The summed E-state index contributed by atoms with van der Waals surface area (Å²) in [6, 6.07) is 15.6. The Morgan fingerprint density at radius 2 is 1.92 bits per heavy atom. The molecular formula is C18H21Cl3N2O2. The minimum Gasteiger partial charge on any atom is -0.492 e. The van der Waals surface area contributed by atoms with E-state index in [2.05, 4.69) is 29.2 Å². The zero-order valence-corrected chi connectivity index (χ0v) is 15.9. The second-order valence-corrected chi connectivity index (χ2v) is 5.87. The quantitative estimate of drug-likeness (QED) is 0.602.